The van der Waals surface area contributed by atoms with Gasteiger partial charge in [0.1, 0.15) is 9.88 Å². The number of benzene rings is 2. The maximum atomic E-state index is 12.7. The number of hydrogen-bond acceptors (Lipinski definition) is 4. The summed E-state index contributed by atoms with van der Waals surface area (Å²) in [6, 6.07) is 19.8. The molecule has 0 atom stereocenters. The van der Waals surface area contributed by atoms with E-state index in [0.717, 1.165) is 28.2 Å². The molecule has 0 saturated carbocycles. The summed E-state index contributed by atoms with van der Waals surface area (Å²) in [5, 5.41) is 3.84. The van der Waals surface area contributed by atoms with Gasteiger partial charge in [-0.15, -0.1) is 11.3 Å². The van der Waals surface area contributed by atoms with Crippen LogP contribution in [0.25, 0.3) is 21.8 Å². The third-order valence-corrected chi connectivity index (χ3v) is 4.96. The molecule has 134 valence electrons. The van der Waals surface area contributed by atoms with Crippen molar-refractivity contribution in [3.05, 3.63) is 65.5 Å². The van der Waals surface area contributed by atoms with Crippen LogP contribution in [0.1, 0.15) is 23.0 Å². The lowest BCUT2D eigenvalue weighted by atomic mass is 10.1. The van der Waals surface area contributed by atoms with E-state index in [1.165, 1.54) is 11.3 Å². The molecule has 1 amide bonds. The molecule has 3 rings (SSSR count). The fourth-order valence-electron chi connectivity index (χ4n) is 2.57. The Bertz CT molecular complexity index is 832. The summed E-state index contributed by atoms with van der Waals surface area (Å²) in [6.45, 7) is 3.90. The average Bonchev–Trinajstić information content (AvgIpc) is 3.15. The average molecular weight is 366 g/mol. The van der Waals surface area contributed by atoms with Gasteiger partial charge in [0.2, 0.25) is 0 Å². The first-order valence-electron chi connectivity index (χ1n) is 8.77. The molecule has 0 radical (unpaired) electrons. The van der Waals surface area contributed by atoms with E-state index in [-0.39, 0.29) is 5.91 Å². The van der Waals surface area contributed by atoms with Gasteiger partial charge < -0.3 is 10.1 Å². The van der Waals surface area contributed by atoms with Gasteiger partial charge >= 0.3 is 0 Å². The van der Waals surface area contributed by atoms with Crippen molar-refractivity contribution < 1.29 is 9.53 Å². The Morgan fingerprint density at radius 1 is 1.04 bits per heavy atom. The van der Waals surface area contributed by atoms with Gasteiger partial charge in [-0.3, -0.25) is 4.79 Å². The van der Waals surface area contributed by atoms with Crippen LogP contribution in [0.5, 0.6) is 0 Å². The lowest BCUT2D eigenvalue weighted by molar-refractivity contribution is 0.0948. The Kier molecular flexibility index (Phi) is 6.52. The molecular weight excluding hydrogens is 344 g/mol. The van der Waals surface area contributed by atoms with Gasteiger partial charge in [0.05, 0.1) is 5.69 Å². The molecule has 2 aromatic carbocycles. The first-order valence-corrected chi connectivity index (χ1v) is 9.59. The Morgan fingerprint density at radius 2 is 1.69 bits per heavy atom. The van der Waals surface area contributed by atoms with Gasteiger partial charge in [0.25, 0.3) is 5.91 Å². The summed E-state index contributed by atoms with van der Waals surface area (Å²) in [7, 11) is 0. The number of aromatic nitrogens is 1. The SMILES string of the molecule is CCOCCCNC(=O)c1sc(-c2ccccc2)nc1-c1ccccc1. The van der Waals surface area contributed by atoms with E-state index >= 15 is 0 Å². The summed E-state index contributed by atoms with van der Waals surface area (Å²) in [4.78, 5) is 18.1. The highest BCUT2D eigenvalue weighted by atomic mass is 32.1. The van der Waals surface area contributed by atoms with Crippen LogP contribution < -0.4 is 5.32 Å². The second-order valence-electron chi connectivity index (χ2n) is 5.74. The largest absolute Gasteiger partial charge is 0.382 e. The van der Waals surface area contributed by atoms with Gasteiger partial charge in [-0.25, -0.2) is 4.98 Å². The Morgan fingerprint density at radius 3 is 2.35 bits per heavy atom. The molecule has 3 aromatic rings. The first kappa shape index (κ1) is 18.3. The van der Waals surface area contributed by atoms with E-state index in [1.54, 1.807) is 0 Å². The minimum atomic E-state index is -0.0833. The number of thiazole rings is 1. The van der Waals surface area contributed by atoms with Crippen molar-refractivity contribution in [2.45, 2.75) is 13.3 Å². The van der Waals surface area contributed by atoms with Crippen molar-refractivity contribution in [2.24, 2.45) is 0 Å². The number of carbonyl (C=O) groups is 1. The summed E-state index contributed by atoms with van der Waals surface area (Å²) in [5.41, 5.74) is 2.70. The van der Waals surface area contributed by atoms with Crippen LogP contribution in [0.3, 0.4) is 0 Å². The third kappa shape index (κ3) is 4.56. The molecule has 0 aliphatic carbocycles. The topological polar surface area (TPSA) is 51.2 Å². The summed E-state index contributed by atoms with van der Waals surface area (Å²) < 4.78 is 5.31. The van der Waals surface area contributed by atoms with Crippen LogP contribution in [-0.4, -0.2) is 30.6 Å². The summed E-state index contributed by atoms with van der Waals surface area (Å²) in [6.07, 6.45) is 0.796. The number of hydrogen-bond donors (Lipinski definition) is 1. The van der Waals surface area contributed by atoms with Crippen LogP contribution in [0.2, 0.25) is 0 Å². The second kappa shape index (κ2) is 9.27. The van der Waals surface area contributed by atoms with Crippen LogP contribution in [0.15, 0.2) is 60.7 Å². The smallest absolute Gasteiger partial charge is 0.263 e. The van der Waals surface area contributed by atoms with Gasteiger partial charge in [0.15, 0.2) is 0 Å². The lowest BCUT2D eigenvalue weighted by Gasteiger charge is -2.05. The fraction of sp³-hybridized carbons (Fsp3) is 0.238. The Balaban J connectivity index is 1.85. The normalized spacial score (nSPS) is 10.7. The summed E-state index contributed by atoms with van der Waals surface area (Å²) in [5.74, 6) is -0.0833. The van der Waals surface area contributed by atoms with E-state index in [4.69, 9.17) is 9.72 Å². The monoisotopic (exact) mass is 366 g/mol. The van der Waals surface area contributed by atoms with Gasteiger partial charge in [-0.05, 0) is 13.3 Å². The maximum absolute atomic E-state index is 12.7. The maximum Gasteiger partial charge on any atom is 0.263 e. The highest BCUT2D eigenvalue weighted by Crippen LogP contribution is 2.33. The number of nitrogens with zero attached hydrogens (tertiary/aromatic N) is 1. The van der Waals surface area contributed by atoms with Gasteiger partial charge in [-0.2, -0.15) is 0 Å². The molecule has 1 aromatic heterocycles. The molecule has 0 spiro atoms. The molecule has 0 bridgehead atoms. The quantitative estimate of drug-likeness (QED) is 0.591. The van der Waals surface area contributed by atoms with Crippen LogP contribution in [-0.2, 0) is 4.74 Å². The van der Waals surface area contributed by atoms with Gasteiger partial charge in [-0.1, -0.05) is 60.7 Å². The molecule has 0 fully saturated rings. The number of nitrogens with one attached hydrogen (secondary N) is 1. The molecule has 0 aliphatic heterocycles. The molecule has 0 aliphatic rings. The molecule has 4 nitrogen and oxygen atoms in total. The predicted octanol–water partition coefficient (Wildman–Crippen LogP) is 4.63. The fourth-order valence-corrected chi connectivity index (χ4v) is 3.58. The second-order valence-corrected chi connectivity index (χ2v) is 6.73. The van der Waals surface area contributed by atoms with Crippen LogP contribution in [0, 0.1) is 0 Å². The van der Waals surface area contributed by atoms with E-state index in [1.807, 2.05) is 67.6 Å². The molecule has 1 heterocycles. The third-order valence-electron chi connectivity index (χ3n) is 3.86. The standard InChI is InChI=1S/C21H22N2O2S/c1-2-25-15-9-14-22-20(24)19-18(16-10-5-3-6-11-16)23-21(26-19)17-12-7-4-8-13-17/h3-8,10-13H,2,9,14-15H2,1H3,(H,22,24). The lowest BCUT2D eigenvalue weighted by Crippen LogP contribution is -2.25. The Labute approximate surface area is 157 Å². The van der Waals surface area contributed by atoms with Crippen molar-refractivity contribution in [2.75, 3.05) is 19.8 Å². The Hall–Kier alpha value is -2.50. The minimum Gasteiger partial charge on any atom is -0.382 e. The molecule has 26 heavy (non-hydrogen) atoms. The van der Waals surface area contributed by atoms with Crippen molar-refractivity contribution >= 4 is 17.2 Å². The molecule has 1 N–H and O–H groups in total. The highest BCUT2D eigenvalue weighted by molar-refractivity contribution is 7.17. The highest BCUT2D eigenvalue weighted by Gasteiger charge is 2.19. The number of ether oxygens (including phenoxy) is 1. The molecule has 0 saturated heterocycles. The first-order chi connectivity index (χ1) is 12.8. The van der Waals surface area contributed by atoms with E-state index < -0.39 is 0 Å². The zero-order valence-electron chi connectivity index (χ0n) is 14.8. The van der Waals surface area contributed by atoms with Gasteiger partial charge in [0, 0.05) is 30.9 Å². The summed E-state index contributed by atoms with van der Waals surface area (Å²) >= 11 is 1.43. The van der Waals surface area contributed by atoms with Crippen LogP contribution in [0.4, 0.5) is 0 Å². The van der Waals surface area contributed by atoms with Crippen molar-refractivity contribution in [1.29, 1.82) is 0 Å². The number of rotatable bonds is 8. The van der Waals surface area contributed by atoms with Crippen molar-refractivity contribution in [3.8, 4) is 21.8 Å². The van der Waals surface area contributed by atoms with Crippen molar-refractivity contribution in [1.82, 2.24) is 10.3 Å². The number of carbonyl (C=O) groups excluding carboxylic acids is 1. The molecule has 5 heteroatoms. The van der Waals surface area contributed by atoms with Crippen molar-refractivity contribution in [3.63, 3.8) is 0 Å². The van der Waals surface area contributed by atoms with E-state index in [2.05, 4.69) is 5.32 Å². The minimum absolute atomic E-state index is 0.0833. The van der Waals surface area contributed by atoms with E-state index in [0.29, 0.717) is 24.6 Å². The van der Waals surface area contributed by atoms with E-state index in [9.17, 15) is 4.79 Å². The number of amides is 1. The predicted molar refractivity (Wildman–Crippen MR) is 106 cm³/mol. The zero-order valence-corrected chi connectivity index (χ0v) is 15.6. The molecule has 0 unspecified atom stereocenters. The van der Waals surface area contributed by atoms with Crippen LogP contribution >= 0.6 is 11.3 Å². The zero-order chi connectivity index (χ0) is 18.2. The molecular formula is C21H22N2O2S.